The summed E-state index contributed by atoms with van der Waals surface area (Å²) in [4.78, 5) is 119. The Balaban J connectivity index is 1.66. The van der Waals surface area contributed by atoms with E-state index in [0.29, 0.717) is 0 Å². The summed E-state index contributed by atoms with van der Waals surface area (Å²) in [5.41, 5.74) is 0.137. The fraction of sp³-hybridized carbons (Fsp3) is 0.438. The van der Waals surface area contributed by atoms with Crippen LogP contribution in [0.4, 0.5) is 0 Å². The number of carbonyl (C=O) groups is 9. The SMILES string of the molecule is COC(=O)[C@@]1(OC[C@H]2O[C@@H](OC)[C@H](OC(=O)c3ccccc3)[C@@H](OC(=O)c3ccccc3)[C@H]2OC(=O)c2ccccc2)C[C@H](OC(C)=O)[C@@H](NC(C)=O)[C@H]([C@H](OC(C)=O)[C@@H](COC(C)=O)OC(C)=O)O1. The zero-order valence-corrected chi connectivity index (χ0v) is 39.1. The summed E-state index contributed by atoms with van der Waals surface area (Å²) in [5.74, 6) is -11.5. The van der Waals surface area contributed by atoms with Gasteiger partial charge in [0.05, 0.1) is 42.9 Å². The number of benzene rings is 3. The molecule has 0 aliphatic carbocycles. The van der Waals surface area contributed by atoms with Crippen LogP contribution < -0.4 is 5.32 Å². The van der Waals surface area contributed by atoms with Crippen molar-refractivity contribution >= 4 is 53.7 Å². The molecule has 0 unspecified atom stereocenters. The van der Waals surface area contributed by atoms with Crippen LogP contribution >= 0.6 is 0 Å². The summed E-state index contributed by atoms with van der Waals surface area (Å²) in [6.07, 6.45) is -16.4. The Morgan fingerprint density at radius 3 is 1.57 bits per heavy atom. The van der Waals surface area contributed by atoms with Crippen LogP contribution in [0.25, 0.3) is 0 Å². The van der Waals surface area contributed by atoms with Gasteiger partial charge in [0.15, 0.2) is 36.8 Å². The van der Waals surface area contributed by atoms with Gasteiger partial charge < -0.3 is 62.2 Å². The van der Waals surface area contributed by atoms with Gasteiger partial charge >= 0.3 is 47.8 Å². The lowest BCUT2D eigenvalue weighted by atomic mass is 9.87. The zero-order chi connectivity index (χ0) is 51.1. The minimum Gasteiger partial charge on any atom is -0.465 e. The highest BCUT2D eigenvalue weighted by molar-refractivity contribution is 5.91. The molecule has 2 aliphatic rings. The molecule has 0 radical (unpaired) electrons. The van der Waals surface area contributed by atoms with E-state index in [-0.39, 0.29) is 16.7 Å². The van der Waals surface area contributed by atoms with Crippen LogP contribution in [0.3, 0.4) is 0 Å². The van der Waals surface area contributed by atoms with Crippen LogP contribution in [0, 0.1) is 0 Å². The Morgan fingerprint density at radius 2 is 1.13 bits per heavy atom. The van der Waals surface area contributed by atoms with E-state index in [2.05, 4.69) is 5.32 Å². The normalized spacial score (nSPS) is 24.7. The molecular formula is C48H53NO21. The third kappa shape index (κ3) is 14.2. The van der Waals surface area contributed by atoms with Crippen LogP contribution in [-0.2, 0) is 85.6 Å². The Labute approximate surface area is 401 Å². The second-order valence-electron chi connectivity index (χ2n) is 15.7. The molecule has 1 N–H and O–H groups in total. The van der Waals surface area contributed by atoms with Crippen molar-refractivity contribution in [2.75, 3.05) is 27.4 Å². The van der Waals surface area contributed by atoms with E-state index in [4.69, 9.17) is 56.8 Å². The number of amides is 1. The van der Waals surface area contributed by atoms with Crippen molar-refractivity contribution in [1.29, 1.82) is 0 Å². The number of hydrogen-bond acceptors (Lipinski definition) is 21. The molecule has 22 nitrogen and oxygen atoms in total. The maximum atomic E-state index is 14.3. The van der Waals surface area contributed by atoms with Crippen molar-refractivity contribution < 1.29 is 100.0 Å². The molecule has 2 heterocycles. The highest BCUT2D eigenvalue weighted by atomic mass is 16.8. The first-order chi connectivity index (χ1) is 33.4. The molecule has 3 aromatic carbocycles. The molecule has 3 aromatic rings. The molecule has 2 saturated heterocycles. The molecule has 22 heteroatoms. The molecule has 0 spiro atoms. The summed E-state index contributed by atoms with van der Waals surface area (Å²) >= 11 is 0. The predicted octanol–water partition coefficient (Wildman–Crippen LogP) is 2.57. The average molecular weight is 980 g/mol. The van der Waals surface area contributed by atoms with Crippen molar-refractivity contribution in [3.63, 3.8) is 0 Å². The summed E-state index contributed by atoms with van der Waals surface area (Å²) in [5, 5.41) is 2.56. The van der Waals surface area contributed by atoms with Crippen molar-refractivity contribution in [2.45, 2.75) is 108 Å². The van der Waals surface area contributed by atoms with Crippen molar-refractivity contribution in [2.24, 2.45) is 0 Å². The van der Waals surface area contributed by atoms with Gasteiger partial charge in [0.25, 0.3) is 5.79 Å². The van der Waals surface area contributed by atoms with Gasteiger partial charge in [-0.2, -0.15) is 0 Å². The van der Waals surface area contributed by atoms with Crippen LogP contribution in [0.1, 0.15) is 72.1 Å². The van der Waals surface area contributed by atoms with Crippen LogP contribution in [0.15, 0.2) is 91.0 Å². The molecule has 2 fully saturated rings. The predicted molar refractivity (Wildman–Crippen MR) is 234 cm³/mol. The number of esters is 8. The molecule has 70 heavy (non-hydrogen) atoms. The molecule has 11 atom stereocenters. The van der Waals surface area contributed by atoms with Gasteiger partial charge in [-0.05, 0) is 36.4 Å². The molecular weight excluding hydrogens is 927 g/mol. The third-order valence-corrected chi connectivity index (χ3v) is 10.6. The zero-order valence-electron chi connectivity index (χ0n) is 39.1. The summed E-state index contributed by atoms with van der Waals surface area (Å²) < 4.78 is 69.9. The number of nitrogens with one attached hydrogen (secondary N) is 1. The number of ether oxygens (including phenoxy) is 12. The average Bonchev–Trinajstić information content (AvgIpc) is 3.33. The highest BCUT2D eigenvalue weighted by Gasteiger charge is 2.61. The monoisotopic (exact) mass is 979 g/mol. The van der Waals surface area contributed by atoms with E-state index in [0.717, 1.165) is 41.7 Å². The fourth-order valence-corrected chi connectivity index (χ4v) is 7.67. The van der Waals surface area contributed by atoms with Gasteiger partial charge in [0.2, 0.25) is 5.91 Å². The Kier molecular flexibility index (Phi) is 19.1. The van der Waals surface area contributed by atoms with Gasteiger partial charge in [0.1, 0.15) is 24.9 Å². The van der Waals surface area contributed by atoms with E-state index < -0.39 is 140 Å². The number of hydrogen-bond donors (Lipinski definition) is 1. The number of rotatable bonds is 19. The van der Waals surface area contributed by atoms with Gasteiger partial charge in [0, 0.05) is 41.7 Å². The first-order valence-electron chi connectivity index (χ1n) is 21.6. The fourth-order valence-electron chi connectivity index (χ4n) is 7.67. The molecule has 1 amide bonds. The lowest BCUT2D eigenvalue weighted by Crippen LogP contribution is -2.70. The van der Waals surface area contributed by atoms with Crippen LogP contribution in [0.5, 0.6) is 0 Å². The van der Waals surface area contributed by atoms with Crippen molar-refractivity contribution in [3.8, 4) is 0 Å². The largest absolute Gasteiger partial charge is 0.465 e. The quantitative estimate of drug-likeness (QED) is 0.133. The first kappa shape index (κ1) is 53.7. The third-order valence-electron chi connectivity index (χ3n) is 10.6. The number of carbonyl (C=O) groups excluding carboxylic acids is 9. The minimum absolute atomic E-state index is 0.0207. The Hall–Kier alpha value is -7.27. The molecule has 0 aromatic heterocycles. The van der Waals surface area contributed by atoms with E-state index in [1.807, 2.05) is 0 Å². The summed E-state index contributed by atoms with van der Waals surface area (Å²) in [6.45, 7) is 3.48. The van der Waals surface area contributed by atoms with E-state index in [9.17, 15) is 43.2 Å². The van der Waals surface area contributed by atoms with Gasteiger partial charge in [-0.1, -0.05) is 54.6 Å². The second kappa shape index (κ2) is 24.8. The molecule has 376 valence electrons. The first-order valence-corrected chi connectivity index (χ1v) is 21.6. The molecule has 0 bridgehead atoms. The molecule has 5 rings (SSSR count). The van der Waals surface area contributed by atoms with E-state index in [1.165, 1.54) is 43.5 Å². The molecule has 2 aliphatic heterocycles. The van der Waals surface area contributed by atoms with Crippen molar-refractivity contribution in [1.82, 2.24) is 5.32 Å². The van der Waals surface area contributed by atoms with Crippen molar-refractivity contribution in [3.05, 3.63) is 108 Å². The smallest absolute Gasteiger partial charge is 0.366 e. The topological polar surface area (TPSA) is 276 Å². The lowest BCUT2D eigenvalue weighted by Gasteiger charge is -2.49. The van der Waals surface area contributed by atoms with Gasteiger partial charge in [-0.3, -0.25) is 24.0 Å². The highest BCUT2D eigenvalue weighted by Crippen LogP contribution is 2.39. The standard InChI is InChI=1S/C48H53NO21/c1-26(50)49-37-34(63-28(3)52)23-48(47(58)60-7,70-40(37)38(65-30(5)54)35(64-29(4)53)24-61-27(2)51)62-25-36-39(67-43(55)31-17-11-8-12-18-31)41(68-44(56)32-19-13-9-14-20-32)42(46(59-6)66-36)69-45(57)33-21-15-10-16-22-33/h8-22,34-42,46H,23-25H2,1-7H3,(H,49,50)/t34-,35+,36+,37+,38+,39-,40+,41-,42+,46+,48+/m0/s1. The van der Waals surface area contributed by atoms with Gasteiger partial charge in [-0.25, -0.2) is 19.2 Å². The maximum Gasteiger partial charge on any atom is 0.366 e. The summed E-state index contributed by atoms with van der Waals surface area (Å²) in [6, 6.07) is 21.5. The number of methoxy groups -OCH3 is 2. The molecule has 0 saturated carbocycles. The maximum absolute atomic E-state index is 14.3. The second-order valence-corrected chi connectivity index (χ2v) is 15.7. The minimum atomic E-state index is -2.78. The van der Waals surface area contributed by atoms with Gasteiger partial charge in [-0.15, -0.1) is 0 Å². The van der Waals surface area contributed by atoms with E-state index >= 15 is 0 Å². The Bertz CT molecular complexity index is 2330. The summed E-state index contributed by atoms with van der Waals surface area (Å²) in [7, 11) is 2.13. The van der Waals surface area contributed by atoms with Crippen LogP contribution in [-0.4, -0.2) is 148 Å². The van der Waals surface area contributed by atoms with Crippen LogP contribution in [0.2, 0.25) is 0 Å². The Morgan fingerprint density at radius 1 is 0.629 bits per heavy atom. The van der Waals surface area contributed by atoms with E-state index in [1.54, 1.807) is 54.6 Å². The lowest BCUT2D eigenvalue weighted by molar-refractivity contribution is -0.336.